The fraction of sp³-hybridized carbons (Fsp3) is 0.348. The van der Waals surface area contributed by atoms with Gasteiger partial charge in [0.1, 0.15) is 11.6 Å². The first-order chi connectivity index (χ1) is 14.9. The summed E-state index contributed by atoms with van der Waals surface area (Å²) in [6, 6.07) is 7.86. The van der Waals surface area contributed by atoms with E-state index in [9.17, 15) is 9.18 Å². The van der Waals surface area contributed by atoms with Crippen LogP contribution in [0.15, 0.2) is 42.7 Å². The van der Waals surface area contributed by atoms with Crippen LogP contribution in [-0.4, -0.2) is 38.4 Å². The number of imidazole rings is 1. The number of rotatable bonds is 2. The van der Waals surface area contributed by atoms with Gasteiger partial charge in [-0.2, -0.15) is 0 Å². The highest BCUT2D eigenvalue weighted by Crippen LogP contribution is 2.44. The molecule has 0 unspecified atom stereocenters. The van der Waals surface area contributed by atoms with Gasteiger partial charge < -0.3 is 10.2 Å². The fourth-order valence-electron chi connectivity index (χ4n) is 4.63. The first-order valence-corrected chi connectivity index (χ1v) is 10.8. The zero-order valence-corrected chi connectivity index (χ0v) is 18.2. The van der Waals surface area contributed by atoms with E-state index in [1.807, 2.05) is 18.3 Å². The van der Waals surface area contributed by atoms with Crippen LogP contribution in [0.1, 0.15) is 54.5 Å². The van der Waals surface area contributed by atoms with Crippen LogP contribution in [0.2, 0.25) is 5.02 Å². The number of carbonyl (C=O) groups excluding carboxylic acids is 1. The summed E-state index contributed by atoms with van der Waals surface area (Å²) < 4.78 is 15.6. The van der Waals surface area contributed by atoms with Gasteiger partial charge in [0, 0.05) is 25.2 Å². The van der Waals surface area contributed by atoms with E-state index in [-0.39, 0.29) is 22.4 Å². The van der Waals surface area contributed by atoms with Crippen LogP contribution >= 0.6 is 11.6 Å². The van der Waals surface area contributed by atoms with Gasteiger partial charge in [0.15, 0.2) is 5.82 Å². The number of carbonyl (C=O) groups is 1. The molecule has 160 valence electrons. The Labute approximate surface area is 185 Å². The van der Waals surface area contributed by atoms with Crippen molar-refractivity contribution in [3.05, 3.63) is 70.6 Å². The molecule has 0 aliphatic carbocycles. The molecular formula is C23H23ClFN5O. The second-order valence-electron chi connectivity index (χ2n) is 8.49. The van der Waals surface area contributed by atoms with Gasteiger partial charge in [-0.15, -0.1) is 0 Å². The molecule has 1 spiro atoms. The van der Waals surface area contributed by atoms with Crippen LogP contribution in [0.4, 0.5) is 10.1 Å². The van der Waals surface area contributed by atoms with Gasteiger partial charge >= 0.3 is 0 Å². The molecule has 2 aliphatic rings. The molecule has 1 fully saturated rings. The summed E-state index contributed by atoms with van der Waals surface area (Å²) >= 11 is 6.12. The van der Waals surface area contributed by atoms with E-state index in [1.165, 1.54) is 18.2 Å². The van der Waals surface area contributed by atoms with Crippen LogP contribution in [0.25, 0.3) is 5.82 Å². The highest BCUT2D eigenvalue weighted by Gasteiger charge is 2.44. The number of aromatic nitrogens is 3. The van der Waals surface area contributed by atoms with Crippen LogP contribution in [0, 0.1) is 5.82 Å². The van der Waals surface area contributed by atoms with E-state index in [2.05, 4.69) is 28.7 Å². The zero-order chi connectivity index (χ0) is 21.8. The number of hydrogen-bond acceptors (Lipinski definition) is 4. The Morgan fingerprint density at radius 3 is 2.71 bits per heavy atom. The van der Waals surface area contributed by atoms with Crippen LogP contribution < -0.4 is 5.32 Å². The molecule has 0 radical (unpaired) electrons. The Hall–Kier alpha value is -2.93. The van der Waals surface area contributed by atoms with E-state index in [1.54, 1.807) is 11.1 Å². The summed E-state index contributed by atoms with van der Waals surface area (Å²) in [5, 5.41) is 3.84. The summed E-state index contributed by atoms with van der Waals surface area (Å²) in [4.78, 5) is 24.1. The van der Waals surface area contributed by atoms with Crippen molar-refractivity contribution < 1.29 is 9.18 Å². The lowest BCUT2D eigenvalue weighted by Crippen LogP contribution is -2.51. The average molecular weight is 440 g/mol. The topological polar surface area (TPSA) is 63.1 Å². The molecule has 1 aromatic carbocycles. The number of nitrogens with zero attached hydrogens (tertiary/aromatic N) is 4. The molecule has 2 aliphatic heterocycles. The Morgan fingerprint density at radius 1 is 1.23 bits per heavy atom. The Kier molecular flexibility index (Phi) is 4.73. The highest BCUT2D eigenvalue weighted by atomic mass is 35.5. The lowest BCUT2D eigenvalue weighted by atomic mass is 9.82. The minimum Gasteiger partial charge on any atom is -0.371 e. The first-order valence-electron chi connectivity index (χ1n) is 10.5. The third kappa shape index (κ3) is 3.19. The summed E-state index contributed by atoms with van der Waals surface area (Å²) in [6.07, 6.45) is 5.17. The number of benzene rings is 1. The maximum Gasteiger partial charge on any atom is 0.255 e. The fourth-order valence-corrected chi connectivity index (χ4v) is 4.88. The van der Waals surface area contributed by atoms with Crippen molar-refractivity contribution in [1.29, 1.82) is 0 Å². The zero-order valence-electron chi connectivity index (χ0n) is 17.4. The van der Waals surface area contributed by atoms with E-state index < -0.39 is 5.82 Å². The molecule has 6 nitrogen and oxygen atoms in total. The van der Waals surface area contributed by atoms with Crippen molar-refractivity contribution >= 4 is 23.2 Å². The van der Waals surface area contributed by atoms with Crippen molar-refractivity contribution in [3.63, 3.8) is 0 Å². The van der Waals surface area contributed by atoms with Gasteiger partial charge in [-0.05, 0) is 43.2 Å². The number of halogens is 2. The molecule has 8 heteroatoms. The maximum absolute atomic E-state index is 13.4. The van der Waals surface area contributed by atoms with Gasteiger partial charge in [-0.1, -0.05) is 25.4 Å². The van der Waals surface area contributed by atoms with Gasteiger partial charge in [0.05, 0.1) is 33.7 Å². The van der Waals surface area contributed by atoms with E-state index in [4.69, 9.17) is 16.6 Å². The molecule has 3 aromatic rings. The molecule has 0 atom stereocenters. The van der Waals surface area contributed by atoms with Gasteiger partial charge in [0.25, 0.3) is 5.91 Å². The van der Waals surface area contributed by atoms with Crippen molar-refractivity contribution in [3.8, 4) is 5.82 Å². The monoisotopic (exact) mass is 439 g/mol. The van der Waals surface area contributed by atoms with E-state index in [0.29, 0.717) is 18.7 Å². The molecule has 2 aromatic heterocycles. The summed E-state index contributed by atoms with van der Waals surface area (Å²) in [5.74, 6) is 1.47. The number of piperidine rings is 1. The molecule has 1 amide bonds. The molecule has 31 heavy (non-hydrogen) atoms. The quantitative estimate of drug-likeness (QED) is 0.626. The minimum absolute atomic E-state index is 0.140. The lowest BCUT2D eigenvalue weighted by molar-refractivity contribution is 0.0676. The first kappa shape index (κ1) is 20.0. The average Bonchev–Trinajstić information content (AvgIpc) is 3.21. The smallest absolute Gasteiger partial charge is 0.255 e. The van der Waals surface area contributed by atoms with Crippen LogP contribution in [0.3, 0.4) is 0 Å². The maximum atomic E-state index is 13.4. The third-order valence-corrected chi connectivity index (χ3v) is 6.55. The number of anilines is 1. The van der Waals surface area contributed by atoms with Crippen LogP contribution in [0.5, 0.6) is 0 Å². The number of hydrogen-bond donors (Lipinski definition) is 1. The molecule has 5 rings (SSSR count). The molecule has 1 saturated heterocycles. The Morgan fingerprint density at radius 2 is 2.00 bits per heavy atom. The summed E-state index contributed by atoms with van der Waals surface area (Å²) in [6.45, 7) is 5.36. The normalized spacial score (nSPS) is 16.7. The molecule has 0 saturated carbocycles. The van der Waals surface area contributed by atoms with E-state index in [0.717, 1.165) is 35.9 Å². The second kappa shape index (κ2) is 7.34. The van der Waals surface area contributed by atoms with E-state index >= 15 is 0 Å². The molecule has 0 bridgehead atoms. The Bertz CT molecular complexity index is 1170. The van der Waals surface area contributed by atoms with Gasteiger partial charge in [0.2, 0.25) is 0 Å². The highest BCUT2D eigenvalue weighted by molar-refractivity contribution is 6.33. The number of pyridine rings is 1. The number of likely N-dealkylation sites (tertiary alicyclic amines) is 1. The van der Waals surface area contributed by atoms with Crippen LogP contribution in [-0.2, 0) is 5.54 Å². The summed E-state index contributed by atoms with van der Waals surface area (Å²) in [7, 11) is 0. The standard InChI is InChI=1S/C23H23ClFN5O/c1-14(2)20-27-13-19-23(28-18-4-3-9-26-21(18)30(19)20)7-10-29(11-8-23)22(31)16-6-5-15(25)12-17(16)24/h3-6,9,12-14,28H,7-8,10-11H2,1-2H3. The SMILES string of the molecule is CC(C)c1ncc2n1-c1ncccc1NC21CCN(C(=O)c2ccc(F)cc2Cl)CC1. The van der Waals surface area contributed by atoms with Crippen molar-refractivity contribution in [1.82, 2.24) is 19.4 Å². The number of amides is 1. The molecule has 1 N–H and O–H groups in total. The predicted octanol–water partition coefficient (Wildman–Crippen LogP) is 4.74. The minimum atomic E-state index is -0.452. The lowest BCUT2D eigenvalue weighted by Gasteiger charge is -2.45. The predicted molar refractivity (Wildman–Crippen MR) is 117 cm³/mol. The summed E-state index contributed by atoms with van der Waals surface area (Å²) in [5.41, 5.74) is 2.04. The van der Waals surface area contributed by atoms with Gasteiger partial charge in [-0.3, -0.25) is 9.36 Å². The largest absolute Gasteiger partial charge is 0.371 e. The number of fused-ring (bicyclic) bond motifs is 4. The molecule has 4 heterocycles. The Balaban J connectivity index is 1.46. The van der Waals surface area contributed by atoms with Crippen molar-refractivity contribution in [2.24, 2.45) is 0 Å². The number of nitrogens with one attached hydrogen (secondary N) is 1. The molecular weight excluding hydrogens is 417 g/mol. The van der Waals surface area contributed by atoms with Crippen molar-refractivity contribution in [2.45, 2.75) is 38.1 Å². The third-order valence-electron chi connectivity index (χ3n) is 6.23. The second-order valence-corrected chi connectivity index (χ2v) is 8.90. The van der Waals surface area contributed by atoms with Gasteiger partial charge in [-0.25, -0.2) is 14.4 Å². The van der Waals surface area contributed by atoms with Crippen molar-refractivity contribution in [2.75, 3.05) is 18.4 Å².